The maximum absolute atomic E-state index is 8.19. The maximum atomic E-state index is 8.19. The summed E-state index contributed by atoms with van der Waals surface area (Å²) in [5.74, 6) is 3.48. The SMILES string of the molecule is COc1cc(C)c(-c2cc(-c3c(C)cc(OC)cc3C)c3ccc4c(-c5c(C)cc(OC)cc5C)cc(-c5c(C)cc(OC)cc5C)c5ccc2c3c54)c(C)c1.N#C/C=C/c1ccccc1.N#C/C=C/c1ccccc1. The van der Waals surface area contributed by atoms with Crippen LogP contribution in [0, 0.1) is 78.1 Å². The molecule has 76 heavy (non-hydrogen) atoms. The van der Waals surface area contributed by atoms with Crippen LogP contribution < -0.4 is 18.9 Å². The highest BCUT2D eigenvalue weighted by Gasteiger charge is 2.25. The molecule has 0 amide bonds. The smallest absolute Gasteiger partial charge is 0.119 e. The van der Waals surface area contributed by atoms with Crippen molar-refractivity contribution in [1.82, 2.24) is 0 Å². The van der Waals surface area contributed by atoms with E-state index in [2.05, 4.69) is 140 Å². The first-order valence-electron chi connectivity index (χ1n) is 25.4. The molecule has 0 atom stereocenters. The number of nitriles is 2. The molecule has 10 aromatic carbocycles. The summed E-state index contributed by atoms with van der Waals surface area (Å²) in [6, 6.07) is 54.9. The molecule has 0 aliphatic carbocycles. The van der Waals surface area contributed by atoms with Crippen LogP contribution in [-0.2, 0) is 0 Å². The van der Waals surface area contributed by atoms with Crippen molar-refractivity contribution >= 4 is 44.5 Å². The molecule has 0 fully saturated rings. The van der Waals surface area contributed by atoms with Gasteiger partial charge in [-0.25, -0.2) is 0 Å². The predicted molar refractivity (Wildman–Crippen MR) is 318 cm³/mol. The molecule has 0 spiro atoms. The largest absolute Gasteiger partial charge is 0.497 e. The lowest BCUT2D eigenvalue weighted by atomic mass is 9.79. The third-order valence-corrected chi connectivity index (χ3v) is 14.2. The summed E-state index contributed by atoms with van der Waals surface area (Å²) in [7, 11) is 6.96. The molecule has 0 N–H and O–H groups in total. The molecule has 0 aliphatic rings. The van der Waals surface area contributed by atoms with Gasteiger partial charge in [0.2, 0.25) is 0 Å². The van der Waals surface area contributed by atoms with Gasteiger partial charge in [0.15, 0.2) is 0 Å². The number of ether oxygens (including phenoxy) is 4. The molecule has 0 aromatic heterocycles. The van der Waals surface area contributed by atoms with Gasteiger partial charge in [0, 0.05) is 12.2 Å². The van der Waals surface area contributed by atoms with Crippen LogP contribution in [0.25, 0.3) is 89.0 Å². The van der Waals surface area contributed by atoms with E-state index in [1.54, 1.807) is 40.6 Å². The Hall–Kier alpha value is -9.10. The topological polar surface area (TPSA) is 84.5 Å². The lowest BCUT2D eigenvalue weighted by Crippen LogP contribution is -2.00. The Morgan fingerprint density at radius 2 is 0.539 bits per heavy atom. The number of hydrogen-bond acceptors (Lipinski definition) is 6. The molecule has 6 heteroatoms. The Labute approximate surface area is 448 Å². The van der Waals surface area contributed by atoms with Crippen molar-refractivity contribution in [2.75, 3.05) is 28.4 Å². The molecule has 6 nitrogen and oxygen atoms in total. The van der Waals surface area contributed by atoms with Crippen LogP contribution in [0.15, 0.2) is 158 Å². The van der Waals surface area contributed by atoms with Crippen molar-refractivity contribution < 1.29 is 18.9 Å². The van der Waals surface area contributed by atoms with Crippen molar-refractivity contribution in [3.63, 3.8) is 0 Å². The highest BCUT2D eigenvalue weighted by atomic mass is 16.5. The van der Waals surface area contributed by atoms with E-state index in [0.29, 0.717) is 0 Å². The van der Waals surface area contributed by atoms with Crippen molar-refractivity contribution in [1.29, 1.82) is 10.5 Å². The van der Waals surface area contributed by atoms with Gasteiger partial charge in [-0.1, -0.05) is 84.9 Å². The minimum Gasteiger partial charge on any atom is -0.497 e. The van der Waals surface area contributed by atoms with Crippen LogP contribution >= 0.6 is 0 Å². The zero-order chi connectivity index (χ0) is 54.2. The molecule has 0 unspecified atom stereocenters. The number of rotatable bonds is 10. The predicted octanol–water partition coefficient (Wildman–Crippen LogP) is 18.2. The quantitative estimate of drug-likeness (QED) is 0.100. The van der Waals surface area contributed by atoms with Gasteiger partial charge in [-0.15, -0.1) is 0 Å². The van der Waals surface area contributed by atoms with E-state index in [-0.39, 0.29) is 0 Å². The van der Waals surface area contributed by atoms with Gasteiger partial charge in [-0.3, -0.25) is 0 Å². The minimum absolute atomic E-state index is 0.869. The van der Waals surface area contributed by atoms with Gasteiger partial charge in [-0.2, -0.15) is 10.5 Å². The zero-order valence-corrected chi connectivity index (χ0v) is 45.7. The summed E-state index contributed by atoms with van der Waals surface area (Å²) in [4.78, 5) is 0. The van der Waals surface area contributed by atoms with E-state index >= 15 is 0 Å². The summed E-state index contributed by atoms with van der Waals surface area (Å²) >= 11 is 0. The average molecular weight is 997 g/mol. The fourth-order valence-electron chi connectivity index (χ4n) is 11.1. The lowest BCUT2D eigenvalue weighted by molar-refractivity contribution is 0.414. The number of nitrogens with zero attached hydrogens (tertiary/aromatic N) is 2. The fourth-order valence-corrected chi connectivity index (χ4v) is 11.1. The summed E-state index contributed by atoms with van der Waals surface area (Å²) in [6.07, 6.45) is 6.49. The Morgan fingerprint density at radius 1 is 0.316 bits per heavy atom. The molecule has 10 aromatic rings. The van der Waals surface area contributed by atoms with Crippen LogP contribution in [-0.4, -0.2) is 28.4 Å². The highest BCUT2D eigenvalue weighted by Crippen LogP contribution is 2.52. The molecule has 0 saturated heterocycles. The van der Waals surface area contributed by atoms with E-state index in [1.165, 1.54) is 133 Å². The number of hydrogen-bond donors (Lipinski definition) is 0. The molecular formula is C70H64N2O4. The summed E-state index contributed by atoms with van der Waals surface area (Å²) in [5, 5.41) is 23.9. The second kappa shape index (κ2) is 23.4. The lowest BCUT2D eigenvalue weighted by Gasteiger charge is -2.25. The van der Waals surface area contributed by atoms with Crippen LogP contribution in [0.5, 0.6) is 23.0 Å². The first-order chi connectivity index (χ1) is 36.7. The first-order valence-corrected chi connectivity index (χ1v) is 25.4. The van der Waals surface area contributed by atoms with E-state index < -0.39 is 0 Å². The molecule has 10 rings (SSSR count). The van der Waals surface area contributed by atoms with Gasteiger partial charge in [0.1, 0.15) is 23.0 Å². The van der Waals surface area contributed by atoms with Gasteiger partial charge < -0.3 is 18.9 Å². The molecular weight excluding hydrogens is 933 g/mol. The van der Waals surface area contributed by atoms with Crippen molar-refractivity contribution in [2.24, 2.45) is 0 Å². The average Bonchev–Trinajstić information content (AvgIpc) is 3.59. The molecule has 0 heterocycles. The Bertz CT molecular complexity index is 3370. The van der Waals surface area contributed by atoms with Crippen molar-refractivity contribution in [3.8, 4) is 79.6 Å². The third-order valence-electron chi connectivity index (χ3n) is 14.2. The van der Waals surface area contributed by atoms with Gasteiger partial charge >= 0.3 is 0 Å². The van der Waals surface area contributed by atoms with Crippen LogP contribution in [0.3, 0.4) is 0 Å². The number of allylic oxidation sites excluding steroid dienone is 2. The molecule has 0 saturated carbocycles. The standard InChI is InChI=1S/C52H50O4.2C9H7N/c1-27-17-35(53-9)18-28(2)47(27)43-25-44(48-29(3)19-36(54-10)20-30(48)4)40-15-16-42-46(50-33(7)23-38(56-12)24-34(50)8)26-45(41-14-13-39(43)51(40)52(41)42)49-31(5)21-37(55-11)22-32(49)6;2*10-8-4-7-9-5-2-1-3-6-9/h13-26H,1-12H3;2*1-7H/b;2*7-4+. The third kappa shape index (κ3) is 10.8. The maximum Gasteiger partial charge on any atom is 0.119 e. The van der Waals surface area contributed by atoms with Crippen molar-refractivity contribution in [2.45, 2.75) is 55.4 Å². The zero-order valence-electron chi connectivity index (χ0n) is 45.7. The fraction of sp³-hybridized carbons (Fsp3) is 0.171. The number of aryl methyl sites for hydroxylation is 8. The Balaban J connectivity index is 0.000000318. The van der Waals surface area contributed by atoms with Crippen LogP contribution in [0.4, 0.5) is 0 Å². The van der Waals surface area contributed by atoms with E-state index in [9.17, 15) is 0 Å². The number of benzene rings is 10. The number of methoxy groups -OCH3 is 4. The Kier molecular flexibility index (Phi) is 16.4. The van der Waals surface area contributed by atoms with E-state index in [4.69, 9.17) is 29.5 Å². The molecule has 0 aliphatic heterocycles. The second-order valence-corrected chi connectivity index (χ2v) is 19.3. The molecule has 0 bridgehead atoms. The monoisotopic (exact) mass is 996 g/mol. The minimum atomic E-state index is 0.869. The summed E-state index contributed by atoms with van der Waals surface area (Å²) in [6.45, 7) is 17.6. The molecule has 378 valence electrons. The summed E-state index contributed by atoms with van der Waals surface area (Å²) < 4.78 is 23.0. The van der Waals surface area contributed by atoms with Crippen molar-refractivity contribution in [3.05, 3.63) is 213 Å². The van der Waals surface area contributed by atoms with E-state index in [1.807, 2.05) is 72.8 Å². The summed E-state index contributed by atoms with van der Waals surface area (Å²) in [5.41, 5.74) is 21.4. The second-order valence-electron chi connectivity index (χ2n) is 19.3. The van der Waals surface area contributed by atoms with E-state index in [0.717, 1.165) is 34.1 Å². The van der Waals surface area contributed by atoms with Gasteiger partial charge in [-0.05, 0) is 261 Å². The van der Waals surface area contributed by atoms with Crippen LogP contribution in [0.1, 0.15) is 55.6 Å². The van der Waals surface area contributed by atoms with Gasteiger partial charge in [0.05, 0.1) is 40.6 Å². The highest BCUT2D eigenvalue weighted by molar-refractivity contribution is 6.32. The van der Waals surface area contributed by atoms with Gasteiger partial charge in [0.25, 0.3) is 0 Å². The molecule has 0 radical (unpaired) electrons. The Morgan fingerprint density at radius 3 is 0.737 bits per heavy atom. The first kappa shape index (κ1) is 53.2. The normalized spacial score (nSPS) is 11.0. The van der Waals surface area contributed by atoms with Crippen LogP contribution in [0.2, 0.25) is 0 Å².